The van der Waals surface area contributed by atoms with Crippen LogP contribution in [0, 0.1) is 5.92 Å². The molecule has 0 aliphatic carbocycles. The van der Waals surface area contributed by atoms with Crippen molar-refractivity contribution in [2.75, 3.05) is 5.75 Å². The van der Waals surface area contributed by atoms with Crippen molar-refractivity contribution in [1.29, 1.82) is 0 Å². The molecule has 0 radical (unpaired) electrons. The molecule has 13 heteroatoms. The van der Waals surface area contributed by atoms with Crippen LogP contribution in [0.3, 0.4) is 0 Å². The van der Waals surface area contributed by atoms with Crippen LogP contribution in [0.4, 0.5) is 0 Å². The van der Waals surface area contributed by atoms with E-state index in [0.717, 1.165) is 0 Å². The number of thiol groups is 1. The van der Waals surface area contributed by atoms with Gasteiger partial charge in [0.25, 0.3) is 0 Å². The summed E-state index contributed by atoms with van der Waals surface area (Å²) in [4.78, 5) is 55.9. The maximum atomic E-state index is 12.9. The number of aromatic nitrogens is 2. The molecule has 1 rings (SSSR count). The van der Waals surface area contributed by atoms with Gasteiger partial charge >= 0.3 is 5.97 Å². The lowest BCUT2D eigenvalue weighted by molar-refractivity contribution is -0.143. The summed E-state index contributed by atoms with van der Waals surface area (Å²) in [5, 5.41) is 26.6. The molecular formula is C19H32N6O6S. The average molecular weight is 473 g/mol. The van der Waals surface area contributed by atoms with Crippen LogP contribution in [-0.4, -0.2) is 79.9 Å². The normalized spacial score (nSPS) is 15.8. The highest BCUT2D eigenvalue weighted by Gasteiger charge is 2.32. The first-order valence-electron chi connectivity index (χ1n) is 10.1. The van der Waals surface area contributed by atoms with Crippen molar-refractivity contribution in [2.45, 2.75) is 63.9 Å². The number of carboxylic acid groups (broad SMARTS) is 1. The van der Waals surface area contributed by atoms with Gasteiger partial charge in [0, 0.05) is 24.1 Å². The summed E-state index contributed by atoms with van der Waals surface area (Å²) in [5.74, 6) is -3.44. The van der Waals surface area contributed by atoms with E-state index in [-0.39, 0.29) is 24.5 Å². The first-order chi connectivity index (χ1) is 15.0. The molecule has 0 fully saturated rings. The van der Waals surface area contributed by atoms with Crippen LogP contribution in [-0.2, 0) is 25.6 Å². The Morgan fingerprint density at radius 3 is 2.19 bits per heavy atom. The number of amides is 3. The molecule has 0 saturated carbocycles. The van der Waals surface area contributed by atoms with Crippen molar-refractivity contribution >= 4 is 36.3 Å². The molecule has 0 spiro atoms. The molecule has 3 amide bonds. The van der Waals surface area contributed by atoms with Gasteiger partial charge in [-0.2, -0.15) is 12.6 Å². The predicted molar refractivity (Wildman–Crippen MR) is 119 cm³/mol. The first kappa shape index (κ1) is 27.4. The van der Waals surface area contributed by atoms with E-state index in [1.807, 2.05) is 13.8 Å². The van der Waals surface area contributed by atoms with Gasteiger partial charge in [-0.15, -0.1) is 0 Å². The number of carbonyl (C=O) groups is 4. The second kappa shape index (κ2) is 13.0. The molecule has 180 valence electrons. The zero-order valence-corrected chi connectivity index (χ0v) is 19.1. The molecule has 1 heterocycles. The number of rotatable bonds is 13. The number of nitrogens with one attached hydrogen (secondary N) is 4. The van der Waals surface area contributed by atoms with Crippen LogP contribution in [0.5, 0.6) is 0 Å². The van der Waals surface area contributed by atoms with Gasteiger partial charge in [-0.1, -0.05) is 13.8 Å². The molecule has 5 unspecified atom stereocenters. The number of hydrogen-bond donors (Lipinski definition) is 8. The summed E-state index contributed by atoms with van der Waals surface area (Å²) < 4.78 is 0. The van der Waals surface area contributed by atoms with E-state index < -0.39 is 54.0 Å². The third-order valence-electron chi connectivity index (χ3n) is 4.53. The fourth-order valence-corrected chi connectivity index (χ4v) is 2.97. The number of imidazole rings is 1. The second-order valence-electron chi connectivity index (χ2n) is 7.89. The maximum Gasteiger partial charge on any atom is 0.326 e. The SMILES string of the molecule is CC(C)CC(NC(=O)C(Cc1cnc[nH]1)NC(=O)C(NC(=O)C(N)CS)C(C)O)C(=O)O. The monoisotopic (exact) mass is 472 g/mol. The lowest BCUT2D eigenvalue weighted by atomic mass is 10.0. The fourth-order valence-electron chi connectivity index (χ4n) is 2.80. The number of aliphatic carboxylic acids is 1. The maximum absolute atomic E-state index is 12.9. The van der Waals surface area contributed by atoms with Crippen molar-refractivity contribution in [3.8, 4) is 0 Å². The molecule has 0 aromatic carbocycles. The Labute approximate surface area is 191 Å². The summed E-state index contributed by atoms with van der Waals surface area (Å²) in [6.45, 7) is 4.93. The molecule has 0 aliphatic heterocycles. The van der Waals surface area contributed by atoms with Crippen molar-refractivity contribution in [3.63, 3.8) is 0 Å². The number of carboxylic acids is 1. The number of carbonyl (C=O) groups excluding carboxylic acids is 3. The Hall–Kier alpha value is -2.64. The van der Waals surface area contributed by atoms with Crippen molar-refractivity contribution in [3.05, 3.63) is 18.2 Å². The molecule has 1 aromatic rings. The van der Waals surface area contributed by atoms with E-state index in [1.54, 1.807) is 0 Å². The smallest absolute Gasteiger partial charge is 0.326 e. The largest absolute Gasteiger partial charge is 0.480 e. The molecule has 0 saturated heterocycles. The number of nitrogens with two attached hydrogens (primary N) is 1. The minimum atomic E-state index is -1.39. The first-order valence-corrected chi connectivity index (χ1v) is 10.7. The van der Waals surface area contributed by atoms with Crippen LogP contribution in [0.25, 0.3) is 0 Å². The molecule has 5 atom stereocenters. The predicted octanol–water partition coefficient (Wildman–Crippen LogP) is -1.82. The van der Waals surface area contributed by atoms with Crippen LogP contribution >= 0.6 is 12.6 Å². The summed E-state index contributed by atoms with van der Waals surface area (Å²) in [5.41, 5.74) is 6.11. The Kier molecular flexibility index (Phi) is 11.2. The zero-order valence-electron chi connectivity index (χ0n) is 18.2. The summed E-state index contributed by atoms with van der Waals surface area (Å²) >= 11 is 3.93. The van der Waals surface area contributed by atoms with Crippen molar-refractivity contribution in [2.24, 2.45) is 11.7 Å². The Morgan fingerprint density at radius 1 is 1.09 bits per heavy atom. The van der Waals surface area contributed by atoms with Gasteiger partial charge in [-0.3, -0.25) is 14.4 Å². The highest BCUT2D eigenvalue weighted by Crippen LogP contribution is 2.07. The summed E-state index contributed by atoms with van der Waals surface area (Å²) in [7, 11) is 0. The third kappa shape index (κ3) is 8.85. The lowest BCUT2D eigenvalue weighted by Crippen LogP contribution is -2.60. The van der Waals surface area contributed by atoms with Crippen molar-refractivity contribution in [1.82, 2.24) is 25.9 Å². The van der Waals surface area contributed by atoms with E-state index >= 15 is 0 Å². The zero-order chi connectivity index (χ0) is 24.4. The number of aromatic amines is 1. The van der Waals surface area contributed by atoms with Crippen LogP contribution in [0.15, 0.2) is 12.5 Å². The molecule has 1 aromatic heterocycles. The number of H-pyrrole nitrogens is 1. The Morgan fingerprint density at radius 2 is 1.72 bits per heavy atom. The van der Waals surface area contributed by atoms with Crippen LogP contribution < -0.4 is 21.7 Å². The quantitative estimate of drug-likeness (QED) is 0.153. The van der Waals surface area contributed by atoms with Gasteiger partial charge in [0.1, 0.15) is 18.1 Å². The number of aliphatic hydroxyl groups is 1. The number of aliphatic hydroxyl groups excluding tert-OH is 1. The van der Waals surface area contributed by atoms with Gasteiger partial charge < -0.3 is 36.9 Å². The molecule has 12 nitrogen and oxygen atoms in total. The van der Waals surface area contributed by atoms with Gasteiger partial charge in [-0.05, 0) is 19.3 Å². The van der Waals surface area contributed by atoms with Crippen LogP contribution in [0.1, 0.15) is 32.9 Å². The van der Waals surface area contributed by atoms with Gasteiger partial charge in [0.05, 0.1) is 18.5 Å². The van der Waals surface area contributed by atoms with E-state index in [9.17, 15) is 29.4 Å². The van der Waals surface area contributed by atoms with E-state index in [0.29, 0.717) is 5.69 Å². The van der Waals surface area contributed by atoms with Crippen molar-refractivity contribution < 1.29 is 29.4 Å². The highest BCUT2D eigenvalue weighted by molar-refractivity contribution is 7.80. The Bertz CT molecular complexity index is 772. The molecule has 0 bridgehead atoms. The molecule has 32 heavy (non-hydrogen) atoms. The van der Waals surface area contributed by atoms with E-state index in [1.165, 1.54) is 19.4 Å². The standard InChI is InChI=1S/C19H32N6O6S/c1-9(2)4-14(19(30)31)24-17(28)13(5-11-6-21-8-22-11)23-18(29)15(10(3)26)25-16(27)12(20)7-32/h6,8-10,12-15,26,32H,4-5,7,20H2,1-3H3,(H,21,22)(H,23,29)(H,24,28)(H,25,27)(H,30,31). The topological polar surface area (TPSA) is 200 Å². The highest BCUT2D eigenvalue weighted by atomic mass is 32.1. The number of nitrogens with zero attached hydrogens (tertiary/aromatic N) is 1. The fraction of sp³-hybridized carbons (Fsp3) is 0.632. The molecule has 8 N–H and O–H groups in total. The van der Waals surface area contributed by atoms with Gasteiger partial charge in [0.2, 0.25) is 17.7 Å². The lowest BCUT2D eigenvalue weighted by Gasteiger charge is -2.26. The third-order valence-corrected chi connectivity index (χ3v) is 4.92. The minimum Gasteiger partial charge on any atom is -0.480 e. The van der Waals surface area contributed by atoms with E-state index in [2.05, 4.69) is 38.5 Å². The summed E-state index contributed by atoms with van der Waals surface area (Å²) in [6, 6.07) is -4.74. The molecular weight excluding hydrogens is 440 g/mol. The summed E-state index contributed by atoms with van der Waals surface area (Å²) in [6.07, 6.45) is 1.72. The minimum absolute atomic E-state index is 0.00270. The molecule has 0 aliphatic rings. The van der Waals surface area contributed by atoms with Gasteiger partial charge in [-0.25, -0.2) is 9.78 Å². The second-order valence-corrected chi connectivity index (χ2v) is 8.25. The van der Waals surface area contributed by atoms with Gasteiger partial charge in [0.15, 0.2) is 0 Å². The Balaban J connectivity index is 3.03. The van der Waals surface area contributed by atoms with E-state index in [4.69, 9.17) is 5.73 Å². The number of hydrogen-bond acceptors (Lipinski definition) is 8. The average Bonchev–Trinajstić information content (AvgIpc) is 3.22. The van der Waals surface area contributed by atoms with Crippen LogP contribution in [0.2, 0.25) is 0 Å².